The number of morpholine rings is 1. The summed E-state index contributed by atoms with van der Waals surface area (Å²) in [5.41, 5.74) is 3.41. The molecule has 0 radical (unpaired) electrons. The fourth-order valence-electron chi connectivity index (χ4n) is 4.32. The highest BCUT2D eigenvalue weighted by molar-refractivity contribution is 5.94. The van der Waals surface area contributed by atoms with E-state index in [1.165, 1.54) is 0 Å². The number of hydrogen-bond donors (Lipinski definition) is 0. The normalized spacial score (nSPS) is 14.2. The highest BCUT2D eigenvalue weighted by Crippen LogP contribution is 2.32. The zero-order valence-electron chi connectivity index (χ0n) is 20.2. The van der Waals surface area contributed by atoms with E-state index in [1.807, 2.05) is 65.6 Å². The number of hydrogen-bond acceptors (Lipinski definition) is 6. The van der Waals surface area contributed by atoms with Gasteiger partial charge in [-0.05, 0) is 26.0 Å². The summed E-state index contributed by atoms with van der Waals surface area (Å²) in [6.07, 6.45) is 0. The summed E-state index contributed by atoms with van der Waals surface area (Å²) < 4.78 is 11.4. The van der Waals surface area contributed by atoms with Gasteiger partial charge in [0.05, 0.1) is 25.3 Å². The second kappa shape index (κ2) is 11.8. The predicted molar refractivity (Wildman–Crippen MR) is 134 cm³/mol. The van der Waals surface area contributed by atoms with Crippen LogP contribution in [-0.2, 0) is 11.3 Å². The van der Waals surface area contributed by atoms with Crippen molar-refractivity contribution in [2.75, 3.05) is 57.4 Å². The molecule has 7 nitrogen and oxygen atoms in total. The van der Waals surface area contributed by atoms with E-state index in [0.717, 1.165) is 68.6 Å². The number of ether oxygens (including phenoxy) is 1. The van der Waals surface area contributed by atoms with Crippen LogP contribution in [0.5, 0.6) is 0 Å². The Labute approximate surface area is 201 Å². The zero-order chi connectivity index (χ0) is 23.8. The molecule has 1 aliphatic heterocycles. The van der Waals surface area contributed by atoms with E-state index in [0.29, 0.717) is 18.7 Å². The number of carbonyl (C=O) groups excluding carboxylic acids is 1. The molecule has 0 spiro atoms. The van der Waals surface area contributed by atoms with Gasteiger partial charge in [-0.3, -0.25) is 9.69 Å². The molecular weight excluding hydrogens is 428 g/mol. The summed E-state index contributed by atoms with van der Waals surface area (Å²) in [6, 6.07) is 19.5. The third-order valence-corrected chi connectivity index (χ3v) is 6.31. The SMILES string of the molecule is CCN(CC)c1onc(-c2ccccc2)c1CN(CCN1CCOCC1)C(=O)c1ccccc1. The molecular formula is C27H34N4O3. The van der Waals surface area contributed by atoms with Crippen molar-refractivity contribution in [3.05, 3.63) is 71.8 Å². The molecule has 0 aliphatic carbocycles. The Bertz CT molecular complexity index is 1030. The summed E-state index contributed by atoms with van der Waals surface area (Å²) in [7, 11) is 0. The average Bonchev–Trinajstić information content (AvgIpc) is 3.31. The Morgan fingerprint density at radius 3 is 2.26 bits per heavy atom. The topological polar surface area (TPSA) is 62.1 Å². The number of amides is 1. The summed E-state index contributed by atoms with van der Waals surface area (Å²) in [6.45, 7) is 10.9. The number of carbonyl (C=O) groups is 1. The van der Waals surface area contributed by atoms with E-state index in [1.54, 1.807) is 0 Å². The van der Waals surface area contributed by atoms with Gasteiger partial charge in [0.25, 0.3) is 5.91 Å². The lowest BCUT2D eigenvalue weighted by Gasteiger charge is -2.30. The monoisotopic (exact) mass is 462 g/mol. The Kier molecular flexibility index (Phi) is 8.33. The molecule has 1 amide bonds. The van der Waals surface area contributed by atoms with Crippen LogP contribution in [-0.4, -0.2) is 73.3 Å². The number of aromatic nitrogens is 1. The van der Waals surface area contributed by atoms with Crippen molar-refractivity contribution in [3.63, 3.8) is 0 Å². The first-order chi connectivity index (χ1) is 16.7. The van der Waals surface area contributed by atoms with Gasteiger partial charge in [0.1, 0.15) is 5.69 Å². The van der Waals surface area contributed by atoms with Crippen LogP contribution >= 0.6 is 0 Å². The quantitative estimate of drug-likeness (QED) is 0.451. The minimum Gasteiger partial charge on any atom is -0.379 e. The van der Waals surface area contributed by atoms with Crippen molar-refractivity contribution < 1.29 is 14.1 Å². The molecule has 1 aliphatic rings. The molecule has 7 heteroatoms. The molecule has 1 aromatic heterocycles. The Morgan fingerprint density at radius 1 is 0.971 bits per heavy atom. The largest absolute Gasteiger partial charge is 0.379 e. The molecule has 2 heterocycles. The third-order valence-electron chi connectivity index (χ3n) is 6.31. The second-order valence-electron chi connectivity index (χ2n) is 8.40. The van der Waals surface area contributed by atoms with Gasteiger partial charge < -0.3 is 19.1 Å². The number of benzene rings is 2. The lowest BCUT2D eigenvalue weighted by atomic mass is 10.1. The van der Waals surface area contributed by atoms with E-state index in [9.17, 15) is 4.79 Å². The molecule has 0 unspecified atom stereocenters. The first-order valence-electron chi connectivity index (χ1n) is 12.1. The zero-order valence-corrected chi connectivity index (χ0v) is 20.2. The molecule has 3 aromatic rings. The Hall–Kier alpha value is -3.16. The van der Waals surface area contributed by atoms with Gasteiger partial charge in [0, 0.05) is 50.4 Å². The fourth-order valence-corrected chi connectivity index (χ4v) is 4.32. The smallest absolute Gasteiger partial charge is 0.254 e. The third kappa shape index (κ3) is 5.66. The van der Waals surface area contributed by atoms with Gasteiger partial charge in [-0.15, -0.1) is 0 Å². The van der Waals surface area contributed by atoms with E-state index < -0.39 is 0 Å². The van der Waals surface area contributed by atoms with Crippen LogP contribution in [0.15, 0.2) is 65.2 Å². The van der Waals surface area contributed by atoms with E-state index >= 15 is 0 Å². The van der Waals surface area contributed by atoms with Crippen LogP contribution < -0.4 is 4.90 Å². The standard InChI is InChI=1S/C27H34N4O3/c1-3-30(4-2)27-24(25(28-34-27)22-11-7-5-8-12-22)21-31(16-15-29-17-19-33-20-18-29)26(32)23-13-9-6-10-14-23/h5-14H,3-4,15-21H2,1-2H3. The van der Waals surface area contributed by atoms with E-state index in [4.69, 9.17) is 9.26 Å². The molecule has 0 N–H and O–H groups in total. The van der Waals surface area contributed by atoms with Crippen molar-refractivity contribution in [1.29, 1.82) is 0 Å². The second-order valence-corrected chi connectivity index (χ2v) is 8.40. The fraction of sp³-hybridized carbons (Fsp3) is 0.407. The number of rotatable bonds is 10. The number of nitrogens with zero attached hydrogens (tertiary/aromatic N) is 4. The van der Waals surface area contributed by atoms with Crippen molar-refractivity contribution >= 4 is 11.8 Å². The highest BCUT2D eigenvalue weighted by Gasteiger charge is 2.26. The number of anilines is 1. The summed E-state index contributed by atoms with van der Waals surface area (Å²) >= 11 is 0. The van der Waals surface area contributed by atoms with Crippen LogP contribution in [0.3, 0.4) is 0 Å². The minimum absolute atomic E-state index is 0.0135. The molecule has 0 saturated carbocycles. The molecule has 0 bridgehead atoms. The van der Waals surface area contributed by atoms with Gasteiger partial charge in [-0.25, -0.2) is 0 Å². The van der Waals surface area contributed by atoms with Gasteiger partial charge in [0.15, 0.2) is 0 Å². The summed E-state index contributed by atoms with van der Waals surface area (Å²) in [5.74, 6) is 0.751. The van der Waals surface area contributed by atoms with Crippen LogP contribution in [0.4, 0.5) is 5.88 Å². The van der Waals surface area contributed by atoms with Crippen LogP contribution in [0.25, 0.3) is 11.3 Å². The Balaban J connectivity index is 1.67. The van der Waals surface area contributed by atoms with Gasteiger partial charge in [-0.2, -0.15) is 0 Å². The van der Waals surface area contributed by atoms with Crippen molar-refractivity contribution in [2.45, 2.75) is 20.4 Å². The molecule has 4 rings (SSSR count). The Morgan fingerprint density at radius 2 is 1.62 bits per heavy atom. The molecule has 34 heavy (non-hydrogen) atoms. The summed E-state index contributed by atoms with van der Waals surface area (Å²) in [4.78, 5) is 20.1. The maximum absolute atomic E-state index is 13.6. The molecule has 0 atom stereocenters. The lowest BCUT2D eigenvalue weighted by molar-refractivity contribution is 0.0320. The molecule has 1 saturated heterocycles. The van der Waals surface area contributed by atoms with Crippen molar-refractivity contribution in [3.8, 4) is 11.3 Å². The van der Waals surface area contributed by atoms with Crippen molar-refractivity contribution in [1.82, 2.24) is 15.0 Å². The average molecular weight is 463 g/mol. The lowest BCUT2D eigenvalue weighted by Crippen LogP contribution is -2.43. The highest BCUT2D eigenvalue weighted by atomic mass is 16.5. The molecule has 2 aromatic carbocycles. The molecule has 1 fully saturated rings. The van der Waals surface area contributed by atoms with Crippen LogP contribution in [0, 0.1) is 0 Å². The maximum Gasteiger partial charge on any atom is 0.254 e. The van der Waals surface area contributed by atoms with Gasteiger partial charge in [-0.1, -0.05) is 53.7 Å². The minimum atomic E-state index is 0.0135. The maximum atomic E-state index is 13.6. The van der Waals surface area contributed by atoms with E-state index in [-0.39, 0.29) is 5.91 Å². The van der Waals surface area contributed by atoms with Gasteiger partial charge in [0.2, 0.25) is 5.88 Å². The van der Waals surface area contributed by atoms with E-state index in [2.05, 4.69) is 28.8 Å². The van der Waals surface area contributed by atoms with Gasteiger partial charge >= 0.3 is 0 Å². The molecule has 180 valence electrons. The summed E-state index contributed by atoms with van der Waals surface area (Å²) in [5, 5.41) is 4.46. The predicted octanol–water partition coefficient (Wildman–Crippen LogP) is 4.16. The first-order valence-corrected chi connectivity index (χ1v) is 12.1. The van der Waals surface area contributed by atoms with Crippen molar-refractivity contribution in [2.24, 2.45) is 0 Å². The van der Waals surface area contributed by atoms with Crippen LogP contribution in [0.2, 0.25) is 0 Å². The van der Waals surface area contributed by atoms with Crippen LogP contribution in [0.1, 0.15) is 29.8 Å². The first kappa shape index (κ1) is 24.0.